The third-order valence-electron chi connectivity index (χ3n) is 5.94. The van der Waals surface area contributed by atoms with E-state index in [1.54, 1.807) is 0 Å². The van der Waals surface area contributed by atoms with Gasteiger partial charge in [-0.25, -0.2) is 13.1 Å². The number of halogens is 2. The quantitative estimate of drug-likeness (QED) is 0.234. The van der Waals surface area contributed by atoms with Crippen LogP contribution in [0.2, 0.25) is 5.02 Å². The zero-order valence-electron chi connectivity index (χ0n) is 22.2. The lowest BCUT2D eigenvalue weighted by atomic mass is 9.96. The molecule has 0 aliphatic carbocycles. The smallest absolute Gasteiger partial charge is 0.303 e. The van der Waals surface area contributed by atoms with Crippen LogP contribution in [-0.4, -0.2) is 58.2 Å². The molecule has 10 heteroatoms. The molecule has 0 heterocycles. The molecule has 0 aliphatic rings. The number of aryl methyl sites for hydroxylation is 1. The molecule has 212 valence electrons. The predicted octanol–water partition coefficient (Wildman–Crippen LogP) is 5.22. The molecule has 0 unspecified atom stereocenters. The number of rotatable bonds is 15. The molecule has 3 rings (SSSR count). The second-order valence-electron chi connectivity index (χ2n) is 9.44. The summed E-state index contributed by atoms with van der Waals surface area (Å²) in [5.74, 6) is -0.0244. The Labute approximate surface area is 242 Å². The van der Waals surface area contributed by atoms with E-state index in [2.05, 4.69) is 9.62 Å². The zero-order chi connectivity index (χ0) is 27.5. The first-order valence-electron chi connectivity index (χ1n) is 12.6. The molecule has 0 aromatic heterocycles. The maximum absolute atomic E-state index is 12.6. The number of carboxylic acid groups (broad SMARTS) is 1. The summed E-state index contributed by atoms with van der Waals surface area (Å²) >= 11 is 5.87. The lowest BCUT2D eigenvalue weighted by Crippen LogP contribution is -2.26. The Morgan fingerprint density at radius 1 is 0.974 bits per heavy atom. The van der Waals surface area contributed by atoms with Crippen LogP contribution in [0.5, 0.6) is 5.75 Å². The van der Waals surface area contributed by atoms with Crippen molar-refractivity contribution in [2.24, 2.45) is 0 Å². The van der Waals surface area contributed by atoms with Crippen LogP contribution >= 0.6 is 24.0 Å². The first-order valence-corrected chi connectivity index (χ1v) is 14.4. The number of ether oxygens (including phenoxy) is 1. The van der Waals surface area contributed by atoms with Gasteiger partial charge in [0.25, 0.3) is 0 Å². The van der Waals surface area contributed by atoms with Crippen LogP contribution in [0.3, 0.4) is 0 Å². The summed E-state index contributed by atoms with van der Waals surface area (Å²) in [6.45, 7) is 1.77. The van der Waals surface area contributed by atoms with E-state index < -0.39 is 16.0 Å². The summed E-state index contributed by atoms with van der Waals surface area (Å²) in [6.07, 6.45) is 2.42. The van der Waals surface area contributed by atoms with E-state index in [1.807, 2.05) is 56.6 Å². The van der Waals surface area contributed by atoms with Gasteiger partial charge < -0.3 is 14.7 Å². The Balaban J connectivity index is 0.00000533. The van der Waals surface area contributed by atoms with Crippen molar-refractivity contribution in [1.29, 1.82) is 0 Å². The van der Waals surface area contributed by atoms with E-state index in [9.17, 15) is 18.3 Å². The maximum atomic E-state index is 12.6. The van der Waals surface area contributed by atoms with Crippen molar-refractivity contribution < 1.29 is 23.1 Å². The standard InChI is InChI=1S/C29H35ClN2O5S.ClH/c1-32(2)16-5-17-37-28-7-4-3-6-25(28)21-24-19-22(8-13-29(33)34)18-23(20-24)14-15-31-38(35,36)27-11-9-26(30)10-12-27;/h3-4,6-7,9-12,18-20,31H,5,8,13-17,21H2,1-2H3,(H,33,34);1H. The highest BCUT2D eigenvalue weighted by atomic mass is 35.5. The Hall–Kier alpha value is -2.62. The number of hydrogen-bond donors (Lipinski definition) is 2. The fourth-order valence-electron chi connectivity index (χ4n) is 4.08. The van der Waals surface area contributed by atoms with Gasteiger partial charge in [-0.1, -0.05) is 48.0 Å². The average Bonchev–Trinajstić information content (AvgIpc) is 2.86. The van der Waals surface area contributed by atoms with E-state index in [0.29, 0.717) is 30.9 Å². The third kappa shape index (κ3) is 11.2. The topological polar surface area (TPSA) is 95.9 Å². The number of benzene rings is 3. The second-order valence-corrected chi connectivity index (χ2v) is 11.6. The molecule has 0 saturated heterocycles. The van der Waals surface area contributed by atoms with Gasteiger partial charge in [0.2, 0.25) is 10.0 Å². The van der Waals surface area contributed by atoms with Crippen molar-refractivity contribution >= 4 is 40.0 Å². The van der Waals surface area contributed by atoms with Gasteiger partial charge in [-0.05, 0) is 85.9 Å². The van der Waals surface area contributed by atoms with Crippen LogP contribution in [0.25, 0.3) is 0 Å². The van der Waals surface area contributed by atoms with Crippen molar-refractivity contribution in [3.05, 3.63) is 94.0 Å². The van der Waals surface area contributed by atoms with Crippen molar-refractivity contribution in [3.63, 3.8) is 0 Å². The highest BCUT2D eigenvalue weighted by molar-refractivity contribution is 7.89. The van der Waals surface area contributed by atoms with Gasteiger partial charge in [0.1, 0.15) is 5.75 Å². The van der Waals surface area contributed by atoms with Crippen LogP contribution in [0.4, 0.5) is 0 Å². The molecule has 0 atom stereocenters. The minimum absolute atomic E-state index is 0. The highest BCUT2D eigenvalue weighted by Crippen LogP contribution is 2.24. The third-order valence-corrected chi connectivity index (χ3v) is 7.67. The van der Waals surface area contributed by atoms with Crippen molar-refractivity contribution in [2.75, 3.05) is 33.8 Å². The normalized spacial score (nSPS) is 11.3. The van der Waals surface area contributed by atoms with Crippen molar-refractivity contribution in [2.45, 2.75) is 37.0 Å². The van der Waals surface area contributed by atoms with Gasteiger partial charge in [0.15, 0.2) is 0 Å². The van der Waals surface area contributed by atoms with Crippen molar-refractivity contribution in [3.8, 4) is 5.75 Å². The van der Waals surface area contributed by atoms with E-state index in [0.717, 1.165) is 41.0 Å². The van der Waals surface area contributed by atoms with E-state index in [1.165, 1.54) is 24.3 Å². The lowest BCUT2D eigenvalue weighted by Gasteiger charge is -2.15. The second kappa shape index (κ2) is 15.8. The summed E-state index contributed by atoms with van der Waals surface area (Å²) in [5.41, 5.74) is 3.91. The van der Waals surface area contributed by atoms with Gasteiger partial charge in [-0.3, -0.25) is 4.79 Å². The minimum atomic E-state index is -3.67. The highest BCUT2D eigenvalue weighted by Gasteiger charge is 2.14. The number of carboxylic acids is 1. The fourth-order valence-corrected chi connectivity index (χ4v) is 5.24. The fraction of sp³-hybridized carbons (Fsp3) is 0.345. The van der Waals surface area contributed by atoms with Gasteiger partial charge in [0.05, 0.1) is 11.5 Å². The molecular formula is C29H36Cl2N2O5S. The molecular weight excluding hydrogens is 559 g/mol. The molecule has 3 aromatic rings. The van der Waals surface area contributed by atoms with Gasteiger partial charge in [-0.2, -0.15) is 0 Å². The number of aliphatic carboxylic acids is 1. The molecule has 0 spiro atoms. The maximum Gasteiger partial charge on any atom is 0.303 e. The van der Waals surface area contributed by atoms with Crippen LogP contribution in [0.15, 0.2) is 71.6 Å². The molecule has 0 saturated carbocycles. The van der Waals surface area contributed by atoms with Crippen LogP contribution in [0, 0.1) is 0 Å². The van der Waals surface area contributed by atoms with E-state index in [-0.39, 0.29) is 30.3 Å². The first-order chi connectivity index (χ1) is 18.1. The van der Waals surface area contributed by atoms with Gasteiger partial charge in [-0.15, -0.1) is 12.4 Å². The van der Waals surface area contributed by atoms with Crippen LogP contribution in [0.1, 0.15) is 35.1 Å². The molecule has 3 aromatic carbocycles. The summed E-state index contributed by atoms with van der Waals surface area (Å²) in [4.78, 5) is 13.5. The minimum Gasteiger partial charge on any atom is -0.493 e. The monoisotopic (exact) mass is 594 g/mol. The number of hydrogen-bond acceptors (Lipinski definition) is 5. The summed E-state index contributed by atoms with van der Waals surface area (Å²) in [6, 6.07) is 20.0. The average molecular weight is 596 g/mol. The number of nitrogens with zero attached hydrogens (tertiary/aromatic N) is 1. The van der Waals surface area contributed by atoms with Crippen LogP contribution < -0.4 is 9.46 Å². The van der Waals surface area contributed by atoms with E-state index in [4.69, 9.17) is 16.3 Å². The van der Waals surface area contributed by atoms with Gasteiger partial charge >= 0.3 is 5.97 Å². The first kappa shape index (κ1) is 32.6. The largest absolute Gasteiger partial charge is 0.493 e. The Morgan fingerprint density at radius 2 is 1.62 bits per heavy atom. The number of carbonyl (C=O) groups is 1. The Bertz CT molecular complexity index is 1320. The van der Waals surface area contributed by atoms with E-state index >= 15 is 0 Å². The summed E-state index contributed by atoms with van der Waals surface area (Å²) < 4.78 is 34.0. The molecule has 2 N–H and O–H groups in total. The lowest BCUT2D eigenvalue weighted by molar-refractivity contribution is -0.136. The summed E-state index contributed by atoms with van der Waals surface area (Å²) in [5, 5.41) is 9.64. The SMILES string of the molecule is CN(C)CCCOc1ccccc1Cc1cc(CCNS(=O)(=O)c2ccc(Cl)cc2)cc(CCC(=O)O)c1.Cl. The molecule has 0 radical (unpaired) electrons. The Morgan fingerprint density at radius 3 is 2.28 bits per heavy atom. The molecule has 0 bridgehead atoms. The molecule has 7 nitrogen and oxygen atoms in total. The predicted molar refractivity (Wildman–Crippen MR) is 158 cm³/mol. The van der Waals surface area contributed by atoms with Crippen molar-refractivity contribution in [1.82, 2.24) is 9.62 Å². The number of sulfonamides is 1. The Kier molecular flexibility index (Phi) is 13.2. The molecule has 39 heavy (non-hydrogen) atoms. The number of nitrogens with one attached hydrogen (secondary N) is 1. The number of para-hydroxylation sites is 1. The molecule has 0 aliphatic heterocycles. The molecule has 0 fully saturated rings. The summed E-state index contributed by atoms with van der Waals surface area (Å²) in [7, 11) is 0.401. The zero-order valence-corrected chi connectivity index (χ0v) is 24.6. The van der Waals surface area contributed by atoms with Crippen LogP contribution in [-0.2, 0) is 34.1 Å². The molecule has 0 amide bonds. The van der Waals surface area contributed by atoms with Gasteiger partial charge in [0, 0.05) is 31.0 Å².